The van der Waals surface area contributed by atoms with Crippen molar-refractivity contribution in [1.29, 1.82) is 0 Å². The first-order valence-electron chi connectivity index (χ1n) is 5.52. The molecule has 0 bridgehead atoms. The summed E-state index contributed by atoms with van der Waals surface area (Å²) in [5, 5.41) is 14.1. The number of halogens is 1. The first kappa shape index (κ1) is 13.9. The Kier molecular flexibility index (Phi) is 3.90. The summed E-state index contributed by atoms with van der Waals surface area (Å²) in [5.41, 5.74) is 5.79. The highest BCUT2D eigenvalue weighted by Crippen LogP contribution is 2.32. The zero-order valence-electron chi connectivity index (χ0n) is 10.5. The van der Waals surface area contributed by atoms with Gasteiger partial charge in [0.2, 0.25) is 5.82 Å². The highest BCUT2D eigenvalue weighted by atomic mass is 35.5. The fraction of sp³-hybridized carbons (Fsp3) is 0.0833. The largest absolute Gasteiger partial charge is 0.497 e. The van der Waals surface area contributed by atoms with Crippen LogP contribution in [0.1, 0.15) is 0 Å². The molecule has 0 aliphatic heterocycles. The third-order valence-corrected chi connectivity index (χ3v) is 2.85. The van der Waals surface area contributed by atoms with E-state index in [1.165, 1.54) is 19.2 Å². The monoisotopic (exact) mass is 294 g/mol. The molecule has 0 saturated heterocycles. The van der Waals surface area contributed by atoms with Crippen molar-refractivity contribution in [1.82, 2.24) is 4.98 Å². The Hall–Kier alpha value is -2.54. The van der Waals surface area contributed by atoms with Crippen LogP contribution >= 0.6 is 11.6 Å². The van der Waals surface area contributed by atoms with Gasteiger partial charge in [-0.2, -0.15) is 0 Å². The van der Waals surface area contributed by atoms with Gasteiger partial charge in [-0.1, -0.05) is 11.6 Å². The van der Waals surface area contributed by atoms with Crippen molar-refractivity contribution in [2.24, 2.45) is 0 Å². The van der Waals surface area contributed by atoms with E-state index < -0.39 is 4.92 Å². The molecule has 0 amide bonds. The number of nitrogens with zero attached hydrogens (tertiary/aromatic N) is 2. The van der Waals surface area contributed by atoms with E-state index >= 15 is 0 Å². The number of nitrogens with two attached hydrogens (primary N) is 1. The molecule has 7 nitrogen and oxygen atoms in total. The van der Waals surface area contributed by atoms with Gasteiger partial charge < -0.3 is 15.8 Å². The Morgan fingerprint density at radius 1 is 1.40 bits per heavy atom. The Morgan fingerprint density at radius 3 is 2.80 bits per heavy atom. The standard InChI is InChI=1S/C12H11ClN4O3/c1-20-7-2-3-8(13)9(6-7)15-12-10(17(18)19)4-5-11(14)16-12/h2-6H,1H3,(H3,14,15,16). The van der Waals surface area contributed by atoms with Gasteiger partial charge in [-0.05, 0) is 18.2 Å². The van der Waals surface area contributed by atoms with Crippen LogP contribution in [-0.2, 0) is 0 Å². The second-order valence-corrected chi connectivity index (χ2v) is 4.24. The highest BCUT2D eigenvalue weighted by Gasteiger charge is 2.17. The van der Waals surface area contributed by atoms with Crippen molar-refractivity contribution >= 4 is 34.6 Å². The van der Waals surface area contributed by atoms with E-state index in [1.54, 1.807) is 18.2 Å². The lowest BCUT2D eigenvalue weighted by Gasteiger charge is -2.10. The van der Waals surface area contributed by atoms with E-state index in [2.05, 4.69) is 10.3 Å². The number of ether oxygens (including phenoxy) is 1. The fourth-order valence-electron chi connectivity index (χ4n) is 1.56. The number of hydrogen-bond acceptors (Lipinski definition) is 6. The number of nitro groups is 1. The summed E-state index contributed by atoms with van der Waals surface area (Å²) in [7, 11) is 1.51. The Bertz CT molecular complexity index is 663. The Balaban J connectivity index is 2.43. The van der Waals surface area contributed by atoms with Crippen LogP contribution in [0.4, 0.5) is 23.0 Å². The lowest BCUT2D eigenvalue weighted by Crippen LogP contribution is -2.02. The van der Waals surface area contributed by atoms with E-state index in [4.69, 9.17) is 22.1 Å². The smallest absolute Gasteiger partial charge is 0.311 e. The molecule has 2 rings (SSSR count). The zero-order chi connectivity index (χ0) is 14.7. The van der Waals surface area contributed by atoms with Crippen LogP contribution < -0.4 is 15.8 Å². The SMILES string of the molecule is COc1ccc(Cl)c(Nc2nc(N)ccc2[N+](=O)[O-])c1. The molecule has 0 radical (unpaired) electrons. The van der Waals surface area contributed by atoms with Crippen LogP contribution in [0.3, 0.4) is 0 Å². The van der Waals surface area contributed by atoms with Crippen molar-refractivity contribution in [3.05, 3.63) is 45.5 Å². The van der Waals surface area contributed by atoms with Crippen LogP contribution in [0.2, 0.25) is 5.02 Å². The summed E-state index contributed by atoms with van der Waals surface area (Å²) >= 11 is 6.03. The number of nitrogens with one attached hydrogen (secondary N) is 1. The predicted molar refractivity (Wildman–Crippen MR) is 76.6 cm³/mol. The van der Waals surface area contributed by atoms with Crippen molar-refractivity contribution in [3.8, 4) is 5.75 Å². The summed E-state index contributed by atoms with van der Waals surface area (Å²) in [5.74, 6) is 0.741. The molecule has 0 aliphatic carbocycles. The van der Waals surface area contributed by atoms with Gasteiger partial charge in [0.05, 0.1) is 22.7 Å². The number of aromatic nitrogens is 1. The number of rotatable bonds is 4. The van der Waals surface area contributed by atoms with Crippen LogP contribution in [-0.4, -0.2) is 17.0 Å². The number of pyridine rings is 1. The number of benzene rings is 1. The minimum Gasteiger partial charge on any atom is -0.497 e. The van der Waals surface area contributed by atoms with Crippen molar-refractivity contribution in [2.45, 2.75) is 0 Å². The van der Waals surface area contributed by atoms with Crippen LogP contribution in [0.5, 0.6) is 5.75 Å². The minimum absolute atomic E-state index is 0.0187. The van der Waals surface area contributed by atoms with Crippen LogP contribution in [0, 0.1) is 10.1 Å². The first-order chi connectivity index (χ1) is 9.51. The third-order valence-electron chi connectivity index (χ3n) is 2.52. The van der Waals surface area contributed by atoms with Gasteiger partial charge in [0.15, 0.2) is 0 Å². The number of anilines is 3. The summed E-state index contributed by atoms with van der Waals surface area (Å²) < 4.78 is 5.07. The molecule has 0 saturated carbocycles. The summed E-state index contributed by atoms with van der Waals surface area (Å²) in [6.07, 6.45) is 0. The third kappa shape index (κ3) is 2.89. The average molecular weight is 295 g/mol. The average Bonchev–Trinajstić information content (AvgIpc) is 2.41. The topological polar surface area (TPSA) is 103 Å². The highest BCUT2D eigenvalue weighted by molar-refractivity contribution is 6.33. The van der Waals surface area contributed by atoms with Crippen molar-refractivity contribution < 1.29 is 9.66 Å². The molecule has 0 unspecified atom stereocenters. The fourth-order valence-corrected chi connectivity index (χ4v) is 1.73. The number of nitrogen functional groups attached to an aromatic ring is 1. The summed E-state index contributed by atoms with van der Waals surface area (Å²) in [4.78, 5) is 14.3. The van der Waals surface area contributed by atoms with Gasteiger partial charge in [0.1, 0.15) is 11.6 Å². The molecule has 8 heteroatoms. The van der Waals surface area contributed by atoms with E-state index in [1.807, 2.05) is 0 Å². The normalized spacial score (nSPS) is 10.1. The van der Waals surface area contributed by atoms with E-state index in [0.29, 0.717) is 16.5 Å². The molecule has 2 aromatic rings. The van der Waals surface area contributed by atoms with Gasteiger partial charge in [-0.25, -0.2) is 4.98 Å². The first-order valence-corrected chi connectivity index (χ1v) is 5.90. The molecule has 104 valence electrons. The van der Waals surface area contributed by atoms with Gasteiger partial charge in [0, 0.05) is 12.1 Å². The zero-order valence-corrected chi connectivity index (χ0v) is 11.2. The molecule has 0 spiro atoms. The minimum atomic E-state index is -0.553. The molecular weight excluding hydrogens is 284 g/mol. The molecular formula is C12H11ClN4O3. The molecule has 0 fully saturated rings. The van der Waals surface area contributed by atoms with E-state index in [9.17, 15) is 10.1 Å². The maximum Gasteiger partial charge on any atom is 0.311 e. The molecule has 1 aromatic carbocycles. The quantitative estimate of drug-likeness (QED) is 0.663. The van der Waals surface area contributed by atoms with Crippen LogP contribution in [0.25, 0.3) is 0 Å². The summed E-state index contributed by atoms with van der Waals surface area (Å²) in [6.45, 7) is 0. The molecule has 0 atom stereocenters. The molecule has 1 aromatic heterocycles. The van der Waals surface area contributed by atoms with Gasteiger partial charge in [0.25, 0.3) is 0 Å². The van der Waals surface area contributed by atoms with Crippen molar-refractivity contribution in [3.63, 3.8) is 0 Å². The van der Waals surface area contributed by atoms with Gasteiger partial charge >= 0.3 is 5.69 Å². The second kappa shape index (κ2) is 5.62. The molecule has 1 heterocycles. The molecule has 20 heavy (non-hydrogen) atoms. The predicted octanol–water partition coefficient (Wildman–Crippen LogP) is 2.98. The van der Waals surface area contributed by atoms with E-state index in [-0.39, 0.29) is 17.3 Å². The lowest BCUT2D eigenvalue weighted by molar-refractivity contribution is -0.384. The van der Waals surface area contributed by atoms with Crippen molar-refractivity contribution in [2.75, 3.05) is 18.2 Å². The Labute approximate surface area is 119 Å². The molecule has 0 aliphatic rings. The second-order valence-electron chi connectivity index (χ2n) is 3.83. The Morgan fingerprint density at radius 2 is 2.15 bits per heavy atom. The maximum absolute atomic E-state index is 11.0. The van der Waals surface area contributed by atoms with Gasteiger partial charge in [-0.3, -0.25) is 10.1 Å². The lowest BCUT2D eigenvalue weighted by atomic mass is 10.3. The number of hydrogen-bond donors (Lipinski definition) is 2. The van der Waals surface area contributed by atoms with Crippen LogP contribution in [0.15, 0.2) is 30.3 Å². The van der Waals surface area contributed by atoms with Gasteiger partial charge in [-0.15, -0.1) is 0 Å². The number of methoxy groups -OCH3 is 1. The van der Waals surface area contributed by atoms with E-state index in [0.717, 1.165) is 0 Å². The maximum atomic E-state index is 11.0. The summed E-state index contributed by atoms with van der Waals surface area (Å²) in [6, 6.07) is 7.53. The molecule has 3 N–H and O–H groups in total.